The van der Waals surface area contributed by atoms with Crippen LogP contribution in [0.2, 0.25) is 0 Å². The summed E-state index contributed by atoms with van der Waals surface area (Å²) >= 11 is 0.924. The fourth-order valence-electron chi connectivity index (χ4n) is 2.05. The summed E-state index contributed by atoms with van der Waals surface area (Å²) in [5.74, 6) is -0.557. The van der Waals surface area contributed by atoms with Gasteiger partial charge in [0, 0.05) is 19.3 Å². The lowest BCUT2D eigenvalue weighted by molar-refractivity contribution is -0.138. The Labute approximate surface area is 131 Å². The Hall–Kier alpha value is -2.30. The number of nitrogens with zero attached hydrogens (tertiary/aromatic N) is 4. The van der Waals surface area contributed by atoms with E-state index in [0.29, 0.717) is 6.54 Å². The number of thioether (sulfide) groups is 1. The normalized spacial score (nSPS) is 15.3. The number of aromatic nitrogens is 3. The molecule has 0 atom stereocenters. The van der Waals surface area contributed by atoms with Crippen LogP contribution in [0.4, 0.5) is 18.0 Å². The molecule has 0 spiro atoms. The predicted molar refractivity (Wildman–Crippen MR) is 73.8 cm³/mol. The van der Waals surface area contributed by atoms with Gasteiger partial charge in [0.1, 0.15) is 0 Å². The van der Waals surface area contributed by atoms with Crippen molar-refractivity contribution < 1.29 is 22.8 Å². The number of hydrogen-bond donors (Lipinski definition) is 1. The zero-order valence-corrected chi connectivity index (χ0v) is 12.3. The van der Waals surface area contributed by atoms with E-state index in [-0.39, 0.29) is 23.1 Å². The standard InChI is InChI=1S/C12H10F3N5O2S/c13-12(14,15)7-1-2-8-17-18-11(20(8)5-7)23-6-9(21)19-4-3-16-10(19)22/h1-2,5H,3-4,6H2,(H,16,22). The Kier molecular flexibility index (Phi) is 3.88. The zero-order valence-electron chi connectivity index (χ0n) is 11.5. The minimum atomic E-state index is -4.48. The van der Waals surface area contributed by atoms with Gasteiger partial charge >= 0.3 is 12.2 Å². The second-order valence-corrected chi connectivity index (χ2v) is 5.63. The van der Waals surface area contributed by atoms with Gasteiger partial charge < -0.3 is 5.32 Å². The summed E-state index contributed by atoms with van der Waals surface area (Å²) in [6, 6.07) is 1.65. The molecular weight excluding hydrogens is 335 g/mol. The molecule has 1 aliphatic rings. The molecule has 2 aromatic rings. The highest BCUT2D eigenvalue weighted by Gasteiger charge is 2.31. The summed E-state index contributed by atoms with van der Waals surface area (Å²) in [6.45, 7) is 0.662. The number of alkyl halides is 3. The molecule has 11 heteroatoms. The average molecular weight is 345 g/mol. The first kappa shape index (κ1) is 15.6. The highest BCUT2D eigenvalue weighted by molar-refractivity contribution is 7.99. The lowest BCUT2D eigenvalue weighted by Gasteiger charge is -2.11. The van der Waals surface area contributed by atoms with E-state index in [2.05, 4.69) is 15.5 Å². The maximum absolute atomic E-state index is 12.7. The van der Waals surface area contributed by atoms with E-state index in [1.165, 1.54) is 10.5 Å². The van der Waals surface area contributed by atoms with E-state index in [0.717, 1.165) is 28.9 Å². The van der Waals surface area contributed by atoms with E-state index in [9.17, 15) is 22.8 Å². The fraction of sp³-hybridized carbons (Fsp3) is 0.333. The number of urea groups is 1. The SMILES string of the molecule is O=C(CSc1nnc2ccc(C(F)(F)F)cn12)N1CCNC1=O. The lowest BCUT2D eigenvalue weighted by atomic mass is 10.3. The molecule has 0 radical (unpaired) electrons. The molecule has 122 valence electrons. The first-order chi connectivity index (χ1) is 10.9. The van der Waals surface area contributed by atoms with E-state index in [4.69, 9.17) is 0 Å². The number of rotatable bonds is 3. The summed E-state index contributed by atoms with van der Waals surface area (Å²) in [6.07, 6.45) is -3.60. The Bertz CT molecular complexity index is 776. The van der Waals surface area contributed by atoms with E-state index in [1.807, 2.05) is 0 Å². The molecule has 1 saturated heterocycles. The molecule has 7 nitrogen and oxygen atoms in total. The molecular formula is C12H10F3N5O2S. The van der Waals surface area contributed by atoms with Crippen molar-refractivity contribution in [3.63, 3.8) is 0 Å². The maximum atomic E-state index is 12.7. The first-order valence-corrected chi connectivity index (χ1v) is 7.48. The maximum Gasteiger partial charge on any atom is 0.417 e. The number of carbonyl (C=O) groups excluding carboxylic acids is 2. The zero-order chi connectivity index (χ0) is 16.6. The number of carbonyl (C=O) groups is 2. The summed E-state index contributed by atoms with van der Waals surface area (Å²) in [5, 5.41) is 10.2. The van der Waals surface area contributed by atoms with E-state index < -0.39 is 23.7 Å². The van der Waals surface area contributed by atoms with Crippen molar-refractivity contribution >= 4 is 29.3 Å². The number of pyridine rings is 1. The predicted octanol–water partition coefficient (Wildman–Crippen LogP) is 1.39. The summed E-state index contributed by atoms with van der Waals surface area (Å²) in [4.78, 5) is 24.3. The molecule has 0 aromatic carbocycles. The number of fused-ring (bicyclic) bond motifs is 1. The third-order valence-corrected chi connectivity index (χ3v) is 4.11. The van der Waals surface area contributed by atoms with Crippen molar-refractivity contribution in [1.29, 1.82) is 0 Å². The molecule has 3 amide bonds. The highest BCUT2D eigenvalue weighted by atomic mass is 32.2. The smallest absolute Gasteiger partial charge is 0.336 e. The summed E-state index contributed by atoms with van der Waals surface area (Å²) in [5.41, 5.74) is -0.594. The average Bonchev–Trinajstić information content (AvgIpc) is 3.09. The van der Waals surface area contributed by atoms with Gasteiger partial charge in [-0.25, -0.2) is 4.79 Å². The van der Waals surface area contributed by atoms with E-state index in [1.54, 1.807) is 0 Å². The van der Waals surface area contributed by atoms with Crippen LogP contribution in [0, 0.1) is 0 Å². The fourth-order valence-corrected chi connectivity index (χ4v) is 2.84. The molecule has 1 N–H and O–H groups in total. The van der Waals surface area contributed by atoms with E-state index >= 15 is 0 Å². The Morgan fingerprint density at radius 1 is 1.35 bits per heavy atom. The quantitative estimate of drug-likeness (QED) is 0.851. The van der Waals surface area contributed by atoms with Crippen LogP contribution in [0.15, 0.2) is 23.5 Å². The van der Waals surface area contributed by atoms with Crippen LogP contribution in [0.3, 0.4) is 0 Å². The third-order valence-electron chi connectivity index (χ3n) is 3.18. The van der Waals surface area contributed by atoms with Gasteiger partial charge in [-0.2, -0.15) is 13.2 Å². The van der Waals surface area contributed by atoms with Crippen LogP contribution in [0.5, 0.6) is 0 Å². The van der Waals surface area contributed by atoms with Crippen LogP contribution in [-0.4, -0.2) is 50.3 Å². The van der Waals surface area contributed by atoms with Gasteiger partial charge in [0.2, 0.25) is 5.91 Å². The molecule has 3 rings (SSSR count). The Morgan fingerprint density at radius 2 is 2.13 bits per heavy atom. The molecule has 23 heavy (non-hydrogen) atoms. The van der Waals surface area contributed by atoms with Crippen LogP contribution >= 0.6 is 11.8 Å². The third kappa shape index (κ3) is 3.09. The number of amides is 3. The van der Waals surface area contributed by atoms with Crippen molar-refractivity contribution in [1.82, 2.24) is 24.8 Å². The second kappa shape index (κ2) is 5.72. The van der Waals surface area contributed by atoms with Gasteiger partial charge in [0.15, 0.2) is 10.8 Å². The number of imide groups is 1. The van der Waals surface area contributed by atoms with Crippen molar-refractivity contribution in [2.75, 3.05) is 18.8 Å². The van der Waals surface area contributed by atoms with Crippen LogP contribution < -0.4 is 5.32 Å². The molecule has 1 fully saturated rings. The largest absolute Gasteiger partial charge is 0.417 e. The van der Waals surface area contributed by atoms with Gasteiger partial charge in [-0.05, 0) is 12.1 Å². The molecule has 0 unspecified atom stereocenters. The van der Waals surface area contributed by atoms with Gasteiger partial charge in [-0.15, -0.1) is 10.2 Å². The monoisotopic (exact) mass is 345 g/mol. The van der Waals surface area contributed by atoms with Crippen molar-refractivity contribution in [2.24, 2.45) is 0 Å². The molecule has 0 bridgehead atoms. The Morgan fingerprint density at radius 3 is 2.78 bits per heavy atom. The Balaban J connectivity index is 1.77. The summed E-state index contributed by atoms with van der Waals surface area (Å²) in [7, 11) is 0. The minimum Gasteiger partial charge on any atom is -0.336 e. The number of halogens is 3. The van der Waals surface area contributed by atoms with Crippen LogP contribution in [0.25, 0.3) is 5.65 Å². The number of nitrogens with one attached hydrogen (secondary N) is 1. The van der Waals surface area contributed by atoms with Crippen molar-refractivity contribution in [2.45, 2.75) is 11.3 Å². The van der Waals surface area contributed by atoms with Gasteiger partial charge in [-0.1, -0.05) is 11.8 Å². The summed E-state index contributed by atoms with van der Waals surface area (Å²) < 4.78 is 39.4. The molecule has 0 saturated carbocycles. The number of hydrogen-bond acceptors (Lipinski definition) is 5. The van der Waals surface area contributed by atoms with Gasteiger partial charge in [0.05, 0.1) is 11.3 Å². The van der Waals surface area contributed by atoms with Crippen molar-refractivity contribution in [3.8, 4) is 0 Å². The highest BCUT2D eigenvalue weighted by Crippen LogP contribution is 2.30. The van der Waals surface area contributed by atoms with Crippen LogP contribution in [-0.2, 0) is 11.0 Å². The first-order valence-electron chi connectivity index (χ1n) is 6.49. The minimum absolute atomic E-state index is 0.121. The lowest BCUT2D eigenvalue weighted by Crippen LogP contribution is -2.35. The van der Waals surface area contributed by atoms with Gasteiger partial charge in [-0.3, -0.25) is 14.1 Å². The molecule has 0 aliphatic carbocycles. The molecule has 2 aromatic heterocycles. The second-order valence-electron chi connectivity index (χ2n) is 4.69. The topological polar surface area (TPSA) is 79.6 Å². The van der Waals surface area contributed by atoms with Crippen molar-refractivity contribution in [3.05, 3.63) is 23.9 Å². The van der Waals surface area contributed by atoms with Gasteiger partial charge in [0.25, 0.3) is 0 Å². The van der Waals surface area contributed by atoms with Crippen LogP contribution in [0.1, 0.15) is 5.56 Å². The molecule has 3 heterocycles. The molecule has 1 aliphatic heterocycles.